The zero-order valence-electron chi connectivity index (χ0n) is 16.8. The predicted molar refractivity (Wildman–Crippen MR) is 107 cm³/mol. The molecule has 0 heterocycles. The van der Waals surface area contributed by atoms with Gasteiger partial charge in [-0.05, 0) is 62.9 Å². The van der Waals surface area contributed by atoms with E-state index in [-0.39, 0.29) is 5.91 Å². The van der Waals surface area contributed by atoms with Crippen LogP contribution in [0.15, 0.2) is 36.4 Å². The van der Waals surface area contributed by atoms with Crippen molar-refractivity contribution in [1.29, 1.82) is 0 Å². The maximum absolute atomic E-state index is 12.2. The molecule has 0 saturated heterocycles. The minimum Gasteiger partial charge on any atom is -0.493 e. The standard InChI is InChI=1S/C22H29NO4/c1-15-8-10-19(16(2)13-15)27-17(3)22(24)23-12-6-7-18-9-11-20(25-4)21(14-18)26-5/h8-11,13-14,17H,6-7,12H2,1-5H3,(H,23,24)/t17-/m0/s1. The third kappa shape index (κ3) is 5.91. The van der Waals surface area contributed by atoms with Crippen molar-refractivity contribution in [2.75, 3.05) is 20.8 Å². The zero-order chi connectivity index (χ0) is 19.8. The molecule has 1 amide bonds. The van der Waals surface area contributed by atoms with Crippen molar-refractivity contribution >= 4 is 5.91 Å². The van der Waals surface area contributed by atoms with Crippen molar-refractivity contribution in [2.24, 2.45) is 0 Å². The van der Waals surface area contributed by atoms with E-state index in [1.807, 2.05) is 50.2 Å². The zero-order valence-corrected chi connectivity index (χ0v) is 16.8. The fourth-order valence-electron chi connectivity index (χ4n) is 2.86. The topological polar surface area (TPSA) is 56.8 Å². The number of hydrogen-bond acceptors (Lipinski definition) is 4. The molecule has 0 unspecified atom stereocenters. The molecule has 5 nitrogen and oxygen atoms in total. The fourth-order valence-corrected chi connectivity index (χ4v) is 2.86. The molecule has 0 saturated carbocycles. The third-order valence-corrected chi connectivity index (χ3v) is 4.39. The first-order valence-corrected chi connectivity index (χ1v) is 9.17. The summed E-state index contributed by atoms with van der Waals surface area (Å²) >= 11 is 0. The number of ether oxygens (including phenoxy) is 3. The fraction of sp³-hybridized carbons (Fsp3) is 0.409. The van der Waals surface area contributed by atoms with Crippen LogP contribution in [0.2, 0.25) is 0 Å². The molecule has 1 N–H and O–H groups in total. The summed E-state index contributed by atoms with van der Waals surface area (Å²) in [4.78, 5) is 12.2. The Labute approximate surface area is 161 Å². The maximum atomic E-state index is 12.2. The molecule has 0 spiro atoms. The van der Waals surface area contributed by atoms with Crippen LogP contribution in [0.5, 0.6) is 17.2 Å². The number of benzene rings is 2. The first-order chi connectivity index (χ1) is 12.9. The number of rotatable bonds is 9. The van der Waals surface area contributed by atoms with Gasteiger partial charge >= 0.3 is 0 Å². The van der Waals surface area contributed by atoms with E-state index in [0.29, 0.717) is 12.3 Å². The van der Waals surface area contributed by atoms with Crippen LogP contribution in [0, 0.1) is 13.8 Å². The molecular formula is C22H29NO4. The van der Waals surface area contributed by atoms with E-state index in [2.05, 4.69) is 5.32 Å². The summed E-state index contributed by atoms with van der Waals surface area (Å²) in [7, 11) is 3.24. The molecule has 5 heteroatoms. The lowest BCUT2D eigenvalue weighted by Crippen LogP contribution is -2.37. The Kier molecular flexibility index (Phi) is 7.53. The minimum absolute atomic E-state index is 0.109. The molecular weight excluding hydrogens is 342 g/mol. The van der Waals surface area contributed by atoms with Gasteiger partial charge in [-0.25, -0.2) is 0 Å². The van der Waals surface area contributed by atoms with Crippen molar-refractivity contribution in [3.05, 3.63) is 53.1 Å². The highest BCUT2D eigenvalue weighted by atomic mass is 16.5. The van der Waals surface area contributed by atoms with Crippen LogP contribution in [0.1, 0.15) is 30.0 Å². The maximum Gasteiger partial charge on any atom is 0.260 e. The summed E-state index contributed by atoms with van der Waals surface area (Å²) in [5.74, 6) is 2.07. The van der Waals surface area contributed by atoms with Gasteiger partial charge in [0, 0.05) is 6.54 Å². The van der Waals surface area contributed by atoms with Gasteiger partial charge in [-0.1, -0.05) is 23.8 Å². The van der Waals surface area contributed by atoms with Gasteiger partial charge in [-0.2, -0.15) is 0 Å². The Morgan fingerprint density at radius 1 is 1.00 bits per heavy atom. The lowest BCUT2D eigenvalue weighted by Gasteiger charge is -2.16. The van der Waals surface area contributed by atoms with Crippen molar-refractivity contribution < 1.29 is 19.0 Å². The van der Waals surface area contributed by atoms with Crippen LogP contribution >= 0.6 is 0 Å². The second-order valence-corrected chi connectivity index (χ2v) is 6.61. The molecule has 2 aromatic carbocycles. The van der Waals surface area contributed by atoms with Gasteiger partial charge in [-0.3, -0.25) is 4.79 Å². The van der Waals surface area contributed by atoms with E-state index in [1.165, 1.54) is 5.56 Å². The van der Waals surface area contributed by atoms with Crippen LogP contribution in [-0.4, -0.2) is 32.8 Å². The van der Waals surface area contributed by atoms with E-state index in [1.54, 1.807) is 21.1 Å². The van der Waals surface area contributed by atoms with Gasteiger partial charge in [0.1, 0.15) is 5.75 Å². The first-order valence-electron chi connectivity index (χ1n) is 9.17. The van der Waals surface area contributed by atoms with Crippen LogP contribution < -0.4 is 19.5 Å². The van der Waals surface area contributed by atoms with Gasteiger partial charge in [0.2, 0.25) is 0 Å². The van der Waals surface area contributed by atoms with Gasteiger partial charge in [0.05, 0.1) is 14.2 Å². The normalized spacial score (nSPS) is 11.6. The number of hydrogen-bond donors (Lipinski definition) is 1. The summed E-state index contributed by atoms with van der Waals surface area (Å²) in [6.45, 7) is 6.37. The van der Waals surface area contributed by atoms with Gasteiger partial charge in [-0.15, -0.1) is 0 Å². The van der Waals surface area contributed by atoms with Crippen molar-refractivity contribution in [2.45, 2.75) is 39.7 Å². The number of carbonyl (C=O) groups excluding carboxylic acids is 1. The van der Waals surface area contributed by atoms with Gasteiger partial charge in [0.15, 0.2) is 17.6 Å². The van der Waals surface area contributed by atoms with Crippen molar-refractivity contribution in [3.63, 3.8) is 0 Å². The van der Waals surface area contributed by atoms with Crippen LogP contribution in [0.25, 0.3) is 0 Å². The largest absolute Gasteiger partial charge is 0.493 e. The smallest absolute Gasteiger partial charge is 0.260 e. The second kappa shape index (κ2) is 9.86. The molecule has 2 rings (SSSR count). The summed E-state index contributed by atoms with van der Waals surface area (Å²) in [6, 6.07) is 11.8. The van der Waals surface area contributed by atoms with E-state index in [9.17, 15) is 4.79 Å². The summed E-state index contributed by atoms with van der Waals surface area (Å²) < 4.78 is 16.3. The molecule has 0 aliphatic rings. The Morgan fingerprint density at radius 2 is 1.70 bits per heavy atom. The monoisotopic (exact) mass is 371 g/mol. The minimum atomic E-state index is -0.535. The molecule has 1 atom stereocenters. The molecule has 0 bridgehead atoms. The highest BCUT2D eigenvalue weighted by molar-refractivity contribution is 5.80. The average Bonchev–Trinajstić information content (AvgIpc) is 2.66. The molecule has 146 valence electrons. The molecule has 27 heavy (non-hydrogen) atoms. The lowest BCUT2D eigenvalue weighted by atomic mass is 10.1. The van der Waals surface area contributed by atoms with Crippen LogP contribution in [0.3, 0.4) is 0 Å². The van der Waals surface area contributed by atoms with Crippen molar-refractivity contribution in [3.8, 4) is 17.2 Å². The Morgan fingerprint density at radius 3 is 2.37 bits per heavy atom. The van der Waals surface area contributed by atoms with E-state index in [4.69, 9.17) is 14.2 Å². The number of amides is 1. The average molecular weight is 371 g/mol. The van der Waals surface area contributed by atoms with Gasteiger partial charge < -0.3 is 19.5 Å². The first kappa shape index (κ1) is 20.6. The number of aryl methyl sites for hydroxylation is 3. The molecule has 0 aliphatic heterocycles. The molecule has 0 aliphatic carbocycles. The summed E-state index contributed by atoms with van der Waals surface area (Å²) in [5.41, 5.74) is 3.34. The SMILES string of the molecule is COc1ccc(CCCNC(=O)[C@H](C)Oc2ccc(C)cc2C)cc1OC. The molecule has 0 fully saturated rings. The highest BCUT2D eigenvalue weighted by Gasteiger charge is 2.15. The second-order valence-electron chi connectivity index (χ2n) is 6.61. The van der Waals surface area contributed by atoms with Crippen LogP contribution in [0.4, 0.5) is 0 Å². The van der Waals surface area contributed by atoms with Crippen molar-refractivity contribution in [1.82, 2.24) is 5.32 Å². The van der Waals surface area contributed by atoms with Gasteiger partial charge in [0.25, 0.3) is 5.91 Å². The van der Waals surface area contributed by atoms with E-state index >= 15 is 0 Å². The highest BCUT2D eigenvalue weighted by Crippen LogP contribution is 2.27. The van der Waals surface area contributed by atoms with E-state index < -0.39 is 6.10 Å². The Hall–Kier alpha value is -2.69. The number of carbonyl (C=O) groups is 1. The summed E-state index contributed by atoms with van der Waals surface area (Å²) in [5, 5.41) is 2.94. The number of methoxy groups -OCH3 is 2. The van der Waals surface area contributed by atoms with E-state index in [0.717, 1.165) is 35.5 Å². The molecule has 0 radical (unpaired) electrons. The summed E-state index contributed by atoms with van der Waals surface area (Å²) in [6.07, 6.45) is 1.14. The Bertz CT molecular complexity index is 773. The third-order valence-electron chi connectivity index (χ3n) is 4.39. The molecule has 0 aromatic heterocycles. The quantitative estimate of drug-likeness (QED) is 0.681. The molecule has 2 aromatic rings. The Balaban J connectivity index is 1.78. The number of nitrogens with one attached hydrogen (secondary N) is 1. The van der Waals surface area contributed by atoms with Crippen LogP contribution in [-0.2, 0) is 11.2 Å². The lowest BCUT2D eigenvalue weighted by molar-refractivity contribution is -0.127. The predicted octanol–water partition coefficient (Wildman–Crippen LogP) is 3.84.